The third-order valence-corrected chi connectivity index (χ3v) is 10.6. The smallest absolute Gasteiger partial charge is 0.0619 e. The first-order valence-electron chi connectivity index (χ1n) is 18.5. The van der Waals surface area contributed by atoms with Gasteiger partial charge in [0.1, 0.15) is 0 Å². The fourth-order valence-corrected chi connectivity index (χ4v) is 8.04. The van der Waals surface area contributed by atoms with Crippen LogP contribution in [-0.2, 0) is 0 Å². The molecule has 0 spiro atoms. The molecule has 0 amide bonds. The lowest BCUT2D eigenvalue weighted by molar-refractivity contribution is 1.19. The van der Waals surface area contributed by atoms with Gasteiger partial charge in [-0.05, 0) is 93.4 Å². The zero-order valence-electron chi connectivity index (χ0n) is 29.7. The summed E-state index contributed by atoms with van der Waals surface area (Å²) in [5.41, 5.74) is 14.1. The van der Waals surface area contributed by atoms with E-state index in [0.29, 0.717) is 0 Å². The van der Waals surface area contributed by atoms with E-state index in [1.165, 1.54) is 66.0 Å². The molecule has 10 aromatic rings. The molecular weight excluding hydrogens is 653 g/mol. The molecule has 0 aliphatic carbocycles. The van der Waals surface area contributed by atoms with Crippen LogP contribution in [0.2, 0.25) is 0 Å². The largest absolute Gasteiger partial charge is 0.310 e. The minimum absolute atomic E-state index is 1.10. The Balaban J connectivity index is 1.09. The van der Waals surface area contributed by atoms with Crippen molar-refractivity contribution in [3.8, 4) is 39.1 Å². The van der Waals surface area contributed by atoms with Gasteiger partial charge < -0.3 is 9.47 Å². The number of hydrogen-bond acceptors (Lipinski definition) is 1. The van der Waals surface area contributed by atoms with E-state index in [4.69, 9.17) is 0 Å². The Hall–Kier alpha value is -7.16. The van der Waals surface area contributed by atoms with Crippen LogP contribution in [0.5, 0.6) is 0 Å². The maximum Gasteiger partial charge on any atom is 0.0619 e. The van der Waals surface area contributed by atoms with Crippen LogP contribution in [0.4, 0.5) is 17.1 Å². The molecule has 254 valence electrons. The van der Waals surface area contributed by atoms with Gasteiger partial charge in [0.2, 0.25) is 0 Å². The van der Waals surface area contributed by atoms with Gasteiger partial charge in [-0.2, -0.15) is 0 Å². The standard InChI is InChI=1S/C52H36N2/c1-4-14-37(15-5-1)38-26-28-39(29-27-38)40-30-33-45(34-31-40)53(43-18-6-2-7-19-43)46-22-12-17-42(36-46)47-24-13-25-50-51(47)49-35-32-41-16-10-11-23-48(41)52(49)54(50)44-20-8-3-9-21-44/h1-36H. The average molecular weight is 689 g/mol. The number of rotatable bonds is 7. The first kappa shape index (κ1) is 31.6. The molecule has 0 fully saturated rings. The van der Waals surface area contributed by atoms with Gasteiger partial charge in [0, 0.05) is 38.9 Å². The van der Waals surface area contributed by atoms with Gasteiger partial charge in [-0.15, -0.1) is 0 Å². The zero-order chi connectivity index (χ0) is 35.8. The summed E-state index contributed by atoms with van der Waals surface area (Å²) >= 11 is 0. The van der Waals surface area contributed by atoms with E-state index in [1.807, 2.05) is 0 Å². The van der Waals surface area contributed by atoms with E-state index in [1.54, 1.807) is 0 Å². The third kappa shape index (κ3) is 5.53. The average Bonchev–Trinajstić information content (AvgIpc) is 3.60. The lowest BCUT2D eigenvalue weighted by Gasteiger charge is -2.26. The first-order chi connectivity index (χ1) is 26.8. The van der Waals surface area contributed by atoms with Crippen LogP contribution >= 0.6 is 0 Å². The quantitative estimate of drug-likeness (QED) is 0.162. The van der Waals surface area contributed by atoms with E-state index >= 15 is 0 Å². The summed E-state index contributed by atoms with van der Waals surface area (Å²) in [5.74, 6) is 0. The molecule has 0 atom stereocenters. The molecule has 2 heteroatoms. The Kier molecular flexibility index (Phi) is 7.85. The van der Waals surface area contributed by atoms with E-state index in [2.05, 4.69) is 228 Å². The Labute approximate surface area is 315 Å². The molecule has 2 nitrogen and oxygen atoms in total. The van der Waals surface area contributed by atoms with Crippen molar-refractivity contribution < 1.29 is 0 Å². The van der Waals surface area contributed by atoms with Crippen LogP contribution in [-0.4, -0.2) is 4.57 Å². The Morgan fingerprint density at radius 3 is 1.59 bits per heavy atom. The molecule has 1 heterocycles. The van der Waals surface area contributed by atoms with Crippen LogP contribution in [0.3, 0.4) is 0 Å². The summed E-state index contributed by atoms with van der Waals surface area (Å²) in [7, 11) is 0. The highest BCUT2D eigenvalue weighted by molar-refractivity contribution is 6.22. The summed E-state index contributed by atoms with van der Waals surface area (Å²) in [6, 6.07) is 78.7. The molecule has 10 rings (SSSR count). The molecule has 0 saturated carbocycles. The Morgan fingerprint density at radius 2 is 0.870 bits per heavy atom. The Morgan fingerprint density at radius 1 is 0.333 bits per heavy atom. The highest BCUT2D eigenvalue weighted by Gasteiger charge is 2.19. The molecule has 0 aliphatic rings. The normalized spacial score (nSPS) is 11.3. The second-order valence-electron chi connectivity index (χ2n) is 13.8. The molecule has 0 unspecified atom stereocenters. The van der Waals surface area contributed by atoms with Gasteiger partial charge in [-0.3, -0.25) is 0 Å². The van der Waals surface area contributed by atoms with Gasteiger partial charge in [0.25, 0.3) is 0 Å². The molecule has 9 aromatic carbocycles. The van der Waals surface area contributed by atoms with E-state index < -0.39 is 0 Å². The minimum atomic E-state index is 1.10. The molecule has 0 saturated heterocycles. The van der Waals surface area contributed by atoms with Crippen LogP contribution in [0.25, 0.3) is 71.6 Å². The maximum atomic E-state index is 2.44. The van der Waals surface area contributed by atoms with Gasteiger partial charge in [0.05, 0.1) is 11.0 Å². The van der Waals surface area contributed by atoms with Crippen molar-refractivity contribution in [3.05, 3.63) is 218 Å². The van der Waals surface area contributed by atoms with Gasteiger partial charge >= 0.3 is 0 Å². The lowest BCUT2D eigenvalue weighted by atomic mass is 9.97. The van der Waals surface area contributed by atoms with Crippen LogP contribution in [0.1, 0.15) is 0 Å². The maximum absolute atomic E-state index is 2.44. The number of para-hydroxylation sites is 2. The van der Waals surface area contributed by atoms with Crippen molar-refractivity contribution in [2.45, 2.75) is 0 Å². The highest BCUT2D eigenvalue weighted by atomic mass is 15.1. The second kappa shape index (κ2) is 13.4. The van der Waals surface area contributed by atoms with Crippen LogP contribution < -0.4 is 4.90 Å². The monoisotopic (exact) mass is 688 g/mol. The zero-order valence-corrected chi connectivity index (χ0v) is 29.7. The molecule has 0 N–H and O–H groups in total. The fraction of sp³-hybridized carbons (Fsp3) is 0. The second-order valence-corrected chi connectivity index (χ2v) is 13.8. The van der Waals surface area contributed by atoms with Crippen LogP contribution in [0, 0.1) is 0 Å². The van der Waals surface area contributed by atoms with E-state index in [-0.39, 0.29) is 0 Å². The number of hydrogen-bond donors (Lipinski definition) is 0. The predicted molar refractivity (Wildman–Crippen MR) is 229 cm³/mol. The van der Waals surface area contributed by atoms with Crippen molar-refractivity contribution >= 4 is 49.6 Å². The summed E-state index contributed by atoms with van der Waals surface area (Å²) in [6.07, 6.45) is 0. The number of nitrogens with zero attached hydrogens (tertiary/aromatic N) is 2. The highest BCUT2D eigenvalue weighted by Crippen LogP contribution is 2.43. The third-order valence-electron chi connectivity index (χ3n) is 10.6. The topological polar surface area (TPSA) is 8.17 Å². The Bertz CT molecular complexity index is 2890. The van der Waals surface area contributed by atoms with Crippen molar-refractivity contribution in [1.29, 1.82) is 0 Å². The number of aromatic nitrogens is 1. The van der Waals surface area contributed by atoms with Crippen molar-refractivity contribution in [1.82, 2.24) is 4.57 Å². The SMILES string of the molecule is c1ccc(-c2ccc(-c3ccc(N(c4ccccc4)c4cccc(-c5cccc6c5c5ccc7ccccc7c5n6-c5ccccc5)c4)cc3)cc2)cc1. The number of fused-ring (bicyclic) bond motifs is 5. The van der Waals surface area contributed by atoms with Crippen LogP contribution in [0.15, 0.2) is 218 Å². The van der Waals surface area contributed by atoms with Crippen molar-refractivity contribution in [2.75, 3.05) is 4.90 Å². The molecule has 0 radical (unpaired) electrons. The fourth-order valence-electron chi connectivity index (χ4n) is 8.04. The lowest BCUT2D eigenvalue weighted by Crippen LogP contribution is -2.09. The van der Waals surface area contributed by atoms with Gasteiger partial charge in [0.15, 0.2) is 0 Å². The summed E-state index contributed by atoms with van der Waals surface area (Å²) in [6.45, 7) is 0. The van der Waals surface area contributed by atoms with Crippen molar-refractivity contribution in [2.24, 2.45) is 0 Å². The number of benzene rings is 9. The first-order valence-corrected chi connectivity index (χ1v) is 18.5. The van der Waals surface area contributed by atoms with Gasteiger partial charge in [-0.25, -0.2) is 0 Å². The van der Waals surface area contributed by atoms with E-state index in [0.717, 1.165) is 22.7 Å². The molecule has 0 aliphatic heterocycles. The summed E-state index contributed by atoms with van der Waals surface area (Å²) in [4.78, 5) is 2.35. The number of anilines is 3. The van der Waals surface area contributed by atoms with Crippen molar-refractivity contribution in [3.63, 3.8) is 0 Å². The molecule has 1 aromatic heterocycles. The minimum Gasteiger partial charge on any atom is -0.310 e. The predicted octanol–water partition coefficient (Wildman–Crippen LogP) is 14.4. The summed E-state index contributed by atoms with van der Waals surface area (Å²) in [5, 5.41) is 5.00. The van der Waals surface area contributed by atoms with E-state index in [9.17, 15) is 0 Å². The summed E-state index contributed by atoms with van der Waals surface area (Å²) < 4.78 is 2.44. The van der Waals surface area contributed by atoms with Gasteiger partial charge in [-0.1, -0.05) is 164 Å². The molecule has 54 heavy (non-hydrogen) atoms. The molecule has 0 bridgehead atoms. The molecular formula is C52H36N2.